The lowest BCUT2D eigenvalue weighted by Crippen LogP contribution is -2.25. The van der Waals surface area contributed by atoms with Crippen molar-refractivity contribution in [3.8, 4) is 0 Å². The van der Waals surface area contributed by atoms with Crippen molar-refractivity contribution in [2.45, 2.75) is 32.7 Å². The predicted molar refractivity (Wildman–Crippen MR) is 86.9 cm³/mol. The van der Waals surface area contributed by atoms with Crippen LogP contribution in [0.3, 0.4) is 0 Å². The Morgan fingerprint density at radius 1 is 1.38 bits per heavy atom. The first-order valence-corrected chi connectivity index (χ1v) is 8.12. The molecule has 0 saturated carbocycles. The van der Waals surface area contributed by atoms with Gasteiger partial charge in [0.15, 0.2) is 0 Å². The summed E-state index contributed by atoms with van der Waals surface area (Å²) in [4.78, 5) is 25.4. The fourth-order valence-electron chi connectivity index (χ4n) is 2.73. The highest BCUT2D eigenvalue weighted by molar-refractivity contribution is 9.11. The minimum absolute atomic E-state index is 0.0136. The van der Waals surface area contributed by atoms with E-state index < -0.39 is 0 Å². The fraction of sp³-hybridized carbons (Fsp3) is 0.412. The predicted octanol–water partition coefficient (Wildman–Crippen LogP) is 3.68. The first kappa shape index (κ1) is 16.0. The molecule has 0 spiro atoms. The van der Waals surface area contributed by atoms with Gasteiger partial charge in [0.05, 0.1) is 0 Å². The molecule has 0 aromatic heterocycles. The Labute approximate surface area is 134 Å². The molecule has 4 heteroatoms. The minimum Gasteiger partial charge on any atom is -0.334 e. The van der Waals surface area contributed by atoms with Crippen LogP contribution in [-0.2, 0) is 16.1 Å². The van der Waals surface area contributed by atoms with Crippen LogP contribution in [0.25, 0.3) is 0 Å². The summed E-state index contributed by atoms with van der Waals surface area (Å²) in [5.74, 6) is 0.0747. The maximum absolute atomic E-state index is 12.6. The minimum atomic E-state index is 0.0136. The second-order valence-corrected chi connectivity index (χ2v) is 6.30. The Kier molecular flexibility index (Phi) is 5.74. The smallest absolute Gasteiger partial charge is 0.251 e. The van der Waals surface area contributed by atoms with Gasteiger partial charge in [-0.25, -0.2) is 0 Å². The van der Waals surface area contributed by atoms with Gasteiger partial charge in [0, 0.05) is 35.5 Å². The van der Waals surface area contributed by atoms with Gasteiger partial charge in [-0.15, -0.1) is 0 Å². The van der Waals surface area contributed by atoms with Gasteiger partial charge in [-0.3, -0.25) is 4.79 Å². The molecule has 0 bridgehead atoms. The van der Waals surface area contributed by atoms with Gasteiger partial charge in [-0.1, -0.05) is 59.6 Å². The molecule has 1 saturated heterocycles. The molecule has 1 atom stereocenters. The van der Waals surface area contributed by atoms with E-state index in [1.54, 1.807) is 0 Å². The van der Waals surface area contributed by atoms with E-state index >= 15 is 0 Å². The van der Waals surface area contributed by atoms with E-state index in [2.05, 4.69) is 22.9 Å². The Bertz CT molecular complexity index is 539. The highest BCUT2D eigenvalue weighted by Crippen LogP contribution is 2.34. The van der Waals surface area contributed by atoms with Crippen molar-refractivity contribution >= 4 is 28.1 Å². The molecule has 1 aliphatic rings. The van der Waals surface area contributed by atoms with Crippen molar-refractivity contribution in [2.24, 2.45) is 5.92 Å². The normalized spacial score (nSPS) is 20.8. The van der Waals surface area contributed by atoms with Crippen LogP contribution in [-0.4, -0.2) is 23.6 Å². The first-order chi connectivity index (χ1) is 10.2. The summed E-state index contributed by atoms with van der Waals surface area (Å²) in [6.07, 6.45) is 3.14. The second-order valence-electron chi connectivity index (χ2n) is 5.34. The zero-order valence-corrected chi connectivity index (χ0v) is 13.8. The number of allylic oxidation sites excluding steroid dienone is 1. The molecule has 1 aliphatic heterocycles. The first-order valence-electron chi connectivity index (χ1n) is 7.32. The van der Waals surface area contributed by atoms with Crippen LogP contribution in [0.1, 0.15) is 31.7 Å². The van der Waals surface area contributed by atoms with E-state index in [0.717, 1.165) is 34.7 Å². The van der Waals surface area contributed by atoms with Crippen molar-refractivity contribution in [3.63, 3.8) is 0 Å². The van der Waals surface area contributed by atoms with Gasteiger partial charge in [-0.2, -0.15) is 0 Å². The molecular formula is C17H20BrNO2. The van der Waals surface area contributed by atoms with E-state index in [9.17, 15) is 9.59 Å². The molecule has 21 heavy (non-hydrogen) atoms. The second kappa shape index (κ2) is 7.55. The van der Waals surface area contributed by atoms with Crippen molar-refractivity contribution in [1.29, 1.82) is 0 Å². The van der Waals surface area contributed by atoms with E-state index in [1.807, 2.05) is 35.2 Å². The zero-order valence-electron chi connectivity index (χ0n) is 12.2. The number of carbonyl (C=O) groups is 2. The van der Waals surface area contributed by atoms with Crippen LogP contribution in [0, 0.1) is 5.92 Å². The van der Waals surface area contributed by atoms with Crippen molar-refractivity contribution in [2.75, 3.05) is 6.54 Å². The highest BCUT2D eigenvalue weighted by atomic mass is 79.9. The summed E-state index contributed by atoms with van der Waals surface area (Å²) >= 11 is 3.54. The Balaban J connectivity index is 2.21. The number of amides is 1. The van der Waals surface area contributed by atoms with Gasteiger partial charge in [-0.05, 0) is 12.0 Å². The van der Waals surface area contributed by atoms with E-state index in [1.165, 1.54) is 0 Å². The molecule has 1 fully saturated rings. The molecule has 1 aromatic carbocycles. The van der Waals surface area contributed by atoms with Crippen LogP contribution >= 0.6 is 15.9 Å². The van der Waals surface area contributed by atoms with Gasteiger partial charge in [0.2, 0.25) is 0 Å². The van der Waals surface area contributed by atoms with Gasteiger partial charge in [0.1, 0.15) is 6.29 Å². The quantitative estimate of drug-likeness (QED) is 0.580. The average molecular weight is 350 g/mol. The van der Waals surface area contributed by atoms with Crippen molar-refractivity contribution in [1.82, 2.24) is 4.90 Å². The molecule has 0 aliphatic carbocycles. The van der Waals surface area contributed by atoms with Crippen molar-refractivity contribution in [3.05, 3.63) is 46.0 Å². The monoisotopic (exact) mass is 349 g/mol. The third kappa shape index (κ3) is 3.82. The number of rotatable bonds is 6. The molecule has 0 radical (unpaired) electrons. The molecule has 2 rings (SSSR count). The number of hydrogen-bond donors (Lipinski definition) is 0. The summed E-state index contributed by atoms with van der Waals surface area (Å²) in [6.45, 7) is 3.31. The lowest BCUT2D eigenvalue weighted by Gasteiger charge is -2.15. The summed E-state index contributed by atoms with van der Waals surface area (Å²) in [7, 11) is 0. The lowest BCUT2D eigenvalue weighted by atomic mass is 9.98. The van der Waals surface area contributed by atoms with Gasteiger partial charge < -0.3 is 9.69 Å². The maximum atomic E-state index is 12.6. The van der Waals surface area contributed by atoms with Crippen LogP contribution in [0.4, 0.5) is 0 Å². The standard InChI is InChI=1S/C17H20BrNO2/c1-2-6-15(18)16-14(9-10-20)12-19(17(16)21)11-13-7-4-3-5-8-13/h3-5,7-8,10,14H,2,6,9,11-12H2,1H3/b16-15-. The molecule has 0 N–H and O–H groups in total. The van der Waals surface area contributed by atoms with Crippen LogP contribution < -0.4 is 0 Å². The number of aldehydes is 1. The molecule has 112 valence electrons. The third-order valence-corrected chi connectivity index (χ3v) is 4.55. The topological polar surface area (TPSA) is 37.4 Å². The molecule has 1 aromatic rings. The molecular weight excluding hydrogens is 330 g/mol. The van der Waals surface area contributed by atoms with Crippen molar-refractivity contribution < 1.29 is 9.59 Å². The Morgan fingerprint density at radius 2 is 2.10 bits per heavy atom. The van der Waals surface area contributed by atoms with Gasteiger partial charge in [0.25, 0.3) is 5.91 Å². The fourth-order valence-corrected chi connectivity index (χ4v) is 3.62. The summed E-state index contributed by atoms with van der Waals surface area (Å²) in [5.41, 5.74) is 1.91. The molecule has 3 nitrogen and oxygen atoms in total. The molecule has 1 amide bonds. The number of hydrogen-bond acceptors (Lipinski definition) is 2. The van der Waals surface area contributed by atoms with E-state index in [-0.39, 0.29) is 11.8 Å². The number of carbonyl (C=O) groups excluding carboxylic acids is 2. The van der Waals surface area contributed by atoms with Gasteiger partial charge >= 0.3 is 0 Å². The Morgan fingerprint density at radius 3 is 2.71 bits per heavy atom. The average Bonchev–Trinajstić information content (AvgIpc) is 2.77. The summed E-state index contributed by atoms with van der Waals surface area (Å²) < 4.78 is 0.956. The number of halogens is 1. The van der Waals surface area contributed by atoms with E-state index in [4.69, 9.17) is 0 Å². The third-order valence-electron chi connectivity index (χ3n) is 3.73. The zero-order chi connectivity index (χ0) is 15.2. The number of benzene rings is 1. The molecule has 1 unspecified atom stereocenters. The maximum Gasteiger partial charge on any atom is 0.251 e. The summed E-state index contributed by atoms with van der Waals surface area (Å²) in [5, 5.41) is 0. The lowest BCUT2D eigenvalue weighted by molar-refractivity contribution is -0.125. The molecule has 1 heterocycles. The number of nitrogens with zero attached hydrogens (tertiary/aromatic N) is 1. The van der Waals surface area contributed by atoms with Crippen LogP contribution in [0.15, 0.2) is 40.4 Å². The number of likely N-dealkylation sites (tertiary alicyclic amines) is 1. The van der Waals surface area contributed by atoms with Crippen LogP contribution in [0.5, 0.6) is 0 Å². The van der Waals surface area contributed by atoms with Crippen LogP contribution in [0.2, 0.25) is 0 Å². The van der Waals surface area contributed by atoms with E-state index in [0.29, 0.717) is 19.5 Å². The summed E-state index contributed by atoms with van der Waals surface area (Å²) in [6, 6.07) is 9.95. The Hall–Kier alpha value is -1.42. The highest BCUT2D eigenvalue weighted by Gasteiger charge is 2.36. The largest absolute Gasteiger partial charge is 0.334 e. The SMILES string of the molecule is CCC/C(Br)=C1/C(=O)N(Cc2ccccc2)CC1CC=O.